The van der Waals surface area contributed by atoms with Crippen LogP contribution in [0.5, 0.6) is 0 Å². The zero-order valence-corrected chi connectivity index (χ0v) is 7.43. The molecule has 1 aromatic rings. The Hall–Kier alpha value is -1.06. The Bertz CT molecular complexity index is 387. The maximum absolute atomic E-state index is 12.6. The fraction of sp³-hybridized carbons (Fsp3) is 0.143. The van der Waals surface area contributed by atoms with E-state index < -0.39 is 35.4 Å². The van der Waals surface area contributed by atoms with Crippen LogP contribution in [0.2, 0.25) is 0 Å². The standard InChI is InChI=1S/C7H3F4NO2.Li/c8-2-1-3(9)6(11)12-5(2)4(10)7(13)14;/h1,4H,(H,13,14);/q;+1/p-1. The summed E-state index contributed by atoms with van der Waals surface area (Å²) in [4.78, 5) is 12.4. The number of hydrogen-bond donors (Lipinski definition) is 0. The predicted octanol–water partition coefficient (Wildman–Crippen LogP) is -2.74. The molecule has 0 aliphatic carbocycles. The molecule has 0 radical (unpaired) electrons. The molecular weight excluding hydrogens is 213 g/mol. The monoisotopic (exact) mass is 215 g/mol. The van der Waals surface area contributed by atoms with E-state index in [0.29, 0.717) is 0 Å². The minimum atomic E-state index is -2.93. The number of aliphatic carboxylic acids is 1. The van der Waals surface area contributed by atoms with Crippen LogP contribution in [0.3, 0.4) is 0 Å². The van der Waals surface area contributed by atoms with Gasteiger partial charge >= 0.3 is 18.9 Å². The first-order valence-electron chi connectivity index (χ1n) is 3.30. The van der Waals surface area contributed by atoms with E-state index in [2.05, 4.69) is 4.98 Å². The van der Waals surface area contributed by atoms with Crippen molar-refractivity contribution in [2.75, 3.05) is 0 Å². The average molecular weight is 215 g/mol. The largest absolute Gasteiger partial charge is 1.00 e. The second-order valence-electron chi connectivity index (χ2n) is 2.31. The van der Waals surface area contributed by atoms with Gasteiger partial charge in [-0.2, -0.15) is 4.39 Å². The minimum absolute atomic E-state index is 0. The Balaban J connectivity index is 0.00000196. The molecule has 0 saturated heterocycles. The van der Waals surface area contributed by atoms with E-state index >= 15 is 0 Å². The van der Waals surface area contributed by atoms with Gasteiger partial charge in [0.15, 0.2) is 17.8 Å². The van der Waals surface area contributed by atoms with Gasteiger partial charge in [0.1, 0.15) is 5.69 Å². The molecule has 0 aromatic carbocycles. The SMILES string of the molecule is O=C([O-])C(F)c1nc(F)c(F)cc1F.[Li+]. The third-order valence-electron chi connectivity index (χ3n) is 1.36. The normalized spacial score (nSPS) is 11.7. The van der Waals surface area contributed by atoms with Crippen LogP contribution in [-0.2, 0) is 4.79 Å². The molecule has 8 heteroatoms. The van der Waals surface area contributed by atoms with Crippen molar-refractivity contribution in [3.63, 3.8) is 0 Å². The van der Waals surface area contributed by atoms with Gasteiger partial charge < -0.3 is 9.90 Å². The first-order valence-corrected chi connectivity index (χ1v) is 3.30. The number of rotatable bonds is 2. The van der Waals surface area contributed by atoms with E-state index in [4.69, 9.17) is 0 Å². The maximum Gasteiger partial charge on any atom is 1.00 e. The summed E-state index contributed by atoms with van der Waals surface area (Å²) in [5.41, 5.74) is -1.34. The molecule has 0 N–H and O–H groups in total. The molecule has 1 heterocycles. The summed E-state index contributed by atoms with van der Waals surface area (Å²) in [6.45, 7) is 0. The molecule has 1 rings (SSSR count). The van der Waals surface area contributed by atoms with E-state index in [1.54, 1.807) is 0 Å². The number of aromatic nitrogens is 1. The third-order valence-corrected chi connectivity index (χ3v) is 1.36. The zero-order chi connectivity index (χ0) is 10.9. The third kappa shape index (κ3) is 2.94. The molecule has 0 amide bonds. The van der Waals surface area contributed by atoms with Crippen LogP contribution in [0.15, 0.2) is 6.07 Å². The van der Waals surface area contributed by atoms with Gasteiger partial charge in [0.25, 0.3) is 0 Å². The van der Waals surface area contributed by atoms with Gasteiger partial charge in [0, 0.05) is 6.07 Å². The first kappa shape index (κ1) is 13.9. The molecule has 0 saturated carbocycles. The van der Waals surface area contributed by atoms with Gasteiger partial charge in [-0.25, -0.2) is 18.2 Å². The van der Waals surface area contributed by atoms with Crippen molar-refractivity contribution in [2.24, 2.45) is 0 Å². The van der Waals surface area contributed by atoms with Gasteiger partial charge in [-0.3, -0.25) is 0 Å². The zero-order valence-electron chi connectivity index (χ0n) is 7.43. The van der Waals surface area contributed by atoms with Crippen LogP contribution in [0.1, 0.15) is 11.9 Å². The number of carboxylic acids is 1. The molecule has 3 nitrogen and oxygen atoms in total. The average Bonchev–Trinajstić information content (AvgIpc) is 2.10. The minimum Gasteiger partial charge on any atom is -0.547 e. The topological polar surface area (TPSA) is 53.0 Å². The molecule has 0 spiro atoms. The number of pyridine rings is 1. The van der Waals surface area contributed by atoms with Gasteiger partial charge in [-0.05, 0) is 0 Å². The maximum atomic E-state index is 12.6. The fourth-order valence-electron chi connectivity index (χ4n) is 0.747. The van der Waals surface area contributed by atoms with Crippen molar-refractivity contribution in [1.82, 2.24) is 4.98 Å². The van der Waals surface area contributed by atoms with Crippen molar-refractivity contribution in [2.45, 2.75) is 6.17 Å². The van der Waals surface area contributed by atoms with E-state index in [9.17, 15) is 27.5 Å². The van der Waals surface area contributed by atoms with E-state index in [0.717, 1.165) is 0 Å². The number of carbonyl (C=O) groups excluding carboxylic acids is 1. The molecule has 15 heavy (non-hydrogen) atoms. The Labute approximate surface area is 93.3 Å². The summed E-state index contributed by atoms with van der Waals surface area (Å²) in [5.74, 6) is -7.26. The Morgan fingerprint density at radius 3 is 2.33 bits per heavy atom. The number of carbonyl (C=O) groups is 1. The summed E-state index contributed by atoms with van der Waals surface area (Å²) in [6.07, 6.45) is -2.93. The van der Waals surface area contributed by atoms with Crippen LogP contribution in [0.4, 0.5) is 17.6 Å². The molecule has 1 aromatic heterocycles. The molecule has 0 aliphatic rings. The molecule has 1 unspecified atom stereocenters. The second-order valence-corrected chi connectivity index (χ2v) is 2.31. The van der Waals surface area contributed by atoms with Crippen molar-refractivity contribution in [3.8, 4) is 0 Å². The quantitative estimate of drug-likeness (QED) is 0.305. The molecule has 1 atom stereocenters. The van der Waals surface area contributed by atoms with Crippen LogP contribution in [0, 0.1) is 17.6 Å². The number of alkyl halides is 1. The molecule has 0 fully saturated rings. The summed E-state index contributed by atoms with van der Waals surface area (Å²) >= 11 is 0. The van der Waals surface area contributed by atoms with Gasteiger partial charge in [0.2, 0.25) is 5.95 Å². The van der Waals surface area contributed by atoms with E-state index in [1.165, 1.54) is 0 Å². The smallest absolute Gasteiger partial charge is 0.547 e. The van der Waals surface area contributed by atoms with E-state index in [1.807, 2.05) is 0 Å². The Morgan fingerprint density at radius 1 is 1.33 bits per heavy atom. The van der Waals surface area contributed by atoms with Crippen molar-refractivity contribution < 1.29 is 46.3 Å². The van der Waals surface area contributed by atoms with E-state index in [-0.39, 0.29) is 24.9 Å². The molecule has 0 bridgehead atoms. The summed E-state index contributed by atoms with van der Waals surface area (Å²) in [6, 6.07) is 0.00713. The Kier molecular flexibility index (Phi) is 4.78. The number of carboxylic acid groups (broad SMARTS) is 1. The number of hydrogen-bond acceptors (Lipinski definition) is 3. The van der Waals surface area contributed by atoms with Crippen LogP contribution >= 0.6 is 0 Å². The fourth-order valence-corrected chi connectivity index (χ4v) is 0.747. The number of nitrogens with zero attached hydrogens (tertiary/aromatic N) is 1. The predicted molar refractivity (Wildman–Crippen MR) is 33.0 cm³/mol. The van der Waals surface area contributed by atoms with Crippen molar-refractivity contribution in [1.29, 1.82) is 0 Å². The Morgan fingerprint density at radius 2 is 1.87 bits per heavy atom. The van der Waals surface area contributed by atoms with Crippen molar-refractivity contribution in [3.05, 3.63) is 29.3 Å². The van der Waals surface area contributed by atoms with Gasteiger partial charge in [-0.1, -0.05) is 0 Å². The first-order chi connectivity index (χ1) is 6.43. The van der Waals surface area contributed by atoms with Crippen LogP contribution < -0.4 is 24.0 Å². The van der Waals surface area contributed by atoms with Crippen LogP contribution in [-0.4, -0.2) is 11.0 Å². The summed E-state index contributed by atoms with van der Waals surface area (Å²) < 4.78 is 49.8. The van der Waals surface area contributed by atoms with Gasteiger partial charge in [0.05, 0.1) is 5.97 Å². The van der Waals surface area contributed by atoms with Crippen LogP contribution in [0.25, 0.3) is 0 Å². The van der Waals surface area contributed by atoms with Gasteiger partial charge in [-0.15, -0.1) is 0 Å². The molecule has 0 aliphatic heterocycles. The second kappa shape index (κ2) is 5.14. The summed E-state index contributed by atoms with van der Waals surface area (Å²) in [5, 5.41) is 9.94. The number of halogens is 4. The summed E-state index contributed by atoms with van der Waals surface area (Å²) in [7, 11) is 0. The molecule has 76 valence electrons. The molecular formula is C7H2F4LiNO2. The van der Waals surface area contributed by atoms with Crippen molar-refractivity contribution >= 4 is 5.97 Å².